The van der Waals surface area contributed by atoms with Crippen LogP contribution >= 0.6 is 0 Å². The lowest BCUT2D eigenvalue weighted by molar-refractivity contribution is 0.242. The Morgan fingerprint density at radius 1 is 1.20 bits per heavy atom. The standard InChI is InChI=1S/C16H19N3O/c1-10(2)20-13-5-3-4-12(8-13)16-18-14(11-6-7-11)9-15(17)19-16/h3-5,8-11H,6-7H2,1-2H3,(H2,17,18,19). The number of benzene rings is 1. The lowest BCUT2D eigenvalue weighted by Gasteiger charge is -2.11. The van der Waals surface area contributed by atoms with Gasteiger partial charge in [0.25, 0.3) is 0 Å². The molecule has 1 fully saturated rings. The summed E-state index contributed by atoms with van der Waals surface area (Å²) in [6.45, 7) is 4.02. The van der Waals surface area contributed by atoms with Crippen LogP contribution in [0.4, 0.5) is 5.82 Å². The van der Waals surface area contributed by atoms with Crippen molar-refractivity contribution in [2.24, 2.45) is 0 Å². The van der Waals surface area contributed by atoms with Gasteiger partial charge < -0.3 is 10.5 Å². The molecule has 0 saturated heterocycles. The maximum Gasteiger partial charge on any atom is 0.161 e. The molecule has 104 valence electrons. The SMILES string of the molecule is CC(C)Oc1cccc(-c2nc(N)cc(C3CC3)n2)c1. The van der Waals surface area contributed by atoms with E-state index in [-0.39, 0.29) is 6.10 Å². The number of anilines is 1. The van der Waals surface area contributed by atoms with Gasteiger partial charge in [-0.15, -0.1) is 0 Å². The van der Waals surface area contributed by atoms with E-state index in [2.05, 4.69) is 9.97 Å². The maximum absolute atomic E-state index is 5.90. The topological polar surface area (TPSA) is 61.0 Å². The lowest BCUT2D eigenvalue weighted by atomic mass is 10.2. The first kappa shape index (κ1) is 12.9. The summed E-state index contributed by atoms with van der Waals surface area (Å²) in [5.41, 5.74) is 7.90. The third-order valence-corrected chi connectivity index (χ3v) is 3.23. The van der Waals surface area contributed by atoms with Gasteiger partial charge in [0.1, 0.15) is 11.6 Å². The number of rotatable bonds is 4. The summed E-state index contributed by atoms with van der Waals surface area (Å²) in [4.78, 5) is 8.99. The van der Waals surface area contributed by atoms with Crippen molar-refractivity contribution in [3.05, 3.63) is 36.0 Å². The highest BCUT2D eigenvalue weighted by Crippen LogP contribution is 2.40. The normalized spacial score (nSPS) is 14.6. The molecular weight excluding hydrogens is 250 g/mol. The third-order valence-electron chi connectivity index (χ3n) is 3.23. The number of aromatic nitrogens is 2. The van der Waals surface area contributed by atoms with Crippen molar-refractivity contribution in [1.82, 2.24) is 9.97 Å². The van der Waals surface area contributed by atoms with Crippen LogP contribution in [0.15, 0.2) is 30.3 Å². The minimum absolute atomic E-state index is 0.147. The van der Waals surface area contributed by atoms with E-state index in [0.29, 0.717) is 17.6 Å². The minimum Gasteiger partial charge on any atom is -0.491 e. The Labute approximate surface area is 119 Å². The van der Waals surface area contributed by atoms with E-state index >= 15 is 0 Å². The first-order chi connectivity index (χ1) is 9.61. The zero-order valence-electron chi connectivity index (χ0n) is 11.8. The van der Waals surface area contributed by atoms with Gasteiger partial charge in [-0.1, -0.05) is 12.1 Å². The van der Waals surface area contributed by atoms with Crippen LogP contribution in [0.3, 0.4) is 0 Å². The quantitative estimate of drug-likeness (QED) is 0.924. The smallest absolute Gasteiger partial charge is 0.161 e. The van der Waals surface area contributed by atoms with Gasteiger partial charge in [0.05, 0.1) is 6.10 Å². The van der Waals surface area contributed by atoms with Crippen LogP contribution in [-0.4, -0.2) is 16.1 Å². The number of hydrogen-bond donors (Lipinski definition) is 1. The van der Waals surface area contributed by atoms with Crippen molar-refractivity contribution in [2.75, 3.05) is 5.73 Å². The van der Waals surface area contributed by atoms with Crippen LogP contribution in [0.25, 0.3) is 11.4 Å². The van der Waals surface area contributed by atoms with Crippen LogP contribution in [-0.2, 0) is 0 Å². The van der Waals surface area contributed by atoms with Crippen LogP contribution in [0, 0.1) is 0 Å². The maximum atomic E-state index is 5.90. The second kappa shape index (κ2) is 5.12. The number of ether oxygens (including phenoxy) is 1. The molecule has 1 aromatic carbocycles. The number of nitrogen functional groups attached to an aromatic ring is 1. The van der Waals surface area contributed by atoms with Gasteiger partial charge in [-0.25, -0.2) is 9.97 Å². The van der Waals surface area contributed by atoms with Crippen molar-refractivity contribution in [3.63, 3.8) is 0 Å². The molecule has 20 heavy (non-hydrogen) atoms. The molecule has 0 amide bonds. The van der Waals surface area contributed by atoms with E-state index in [1.807, 2.05) is 44.2 Å². The van der Waals surface area contributed by atoms with E-state index in [1.54, 1.807) is 0 Å². The summed E-state index contributed by atoms with van der Waals surface area (Å²) in [5, 5.41) is 0. The lowest BCUT2D eigenvalue weighted by Crippen LogP contribution is -2.05. The molecule has 2 aromatic rings. The minimum atomic E-state index is 0.147. The van der Waals surface area contributed by atoms with Gasteiger partial charge in [0.2, 0.25) is 0 Å². The first-order valence-corrected chi connectivity index (χ1v) is 7.03. The van der Waals surface area contributed by atoms with Gasteiger partial charge in [-0.05, 0) is 38.8 Å². The van der Waals surface area contributed by atoms with Crippen molar-refractivity contribution in [3.8, 4) is 17.1 Å². The van der Waals surface area contributed by atoms with Gasteiger partial charge in [-0.3, -0.25) is 0 Å². The highest BCUT2D eigenvalue weighted by Gasteiger charge is 2.26. The molecule has 3 rings (SSSR count). The molecule has 0 unspecified atom stereocenters. The van der Waals surface area contributed by atoms with E-state index in [0.717, 1.165) is 17.0 Å². The van der Waals surface area contributed by atoms with Gasteiger partial charge >= 0.3 is 0 Å². The van der Waals surface area contributed by atoms with E-state index < -0.39 is 0 Å². The van der Waals surface area contributed by atoms with Crippen molar-refractivity contribution < 1.29 is 4.74 Å². The largest absolute Gasteiger partial charge is 0.491 e. The van der Waals surface area contributed by atoms with Crippen molar-refractivity contribution in [2.45, 2.75) is 38.7 Å². The second-order valence-corrected chi connectivity index (χ2v) is 5.51. The van der Waals surface area contributed by atoms with Crippen LogP contribution in [0.1, 0.15) is 38.3 Å². The average Bonchev–Trinajstić information content (AvgIpc) is 3.22. The number of hydrogen-bond acceptors (Lipinski definition) is 4. The van der Waals surface area contributed by atoms with Crippen molar-refractivity contribution in [1.29, 1.82) is 0 Å². The van der Waals surface area contributed by atoms with Crippen molar-refractivity contribution >= 4 is 5.82 Å². The Bertz CT molecular complexity index is 621. The fourth-order valence-electron chi connectivity index (χ4n) is 2.18. The fraction of sp³-hybridized carbons (Fsp3) is 0.375. The third kappa shape index (κ3) is 2.90. The first-order valence-electron chi connectivity index (χ1n) is 7.03. The summed E-state index contributed by atoms with van der Waals surface area (Å²) in [7, 11) is 0. The zero-order chi connectivity index (χ0) is 14.1. The van der Waals surface area contributed by atoms with Crippen LogP contribution < -0.4 is 10.5 Å². The molecule has 0 spiro atoms. The Kier molecular flexibility index (Phi) is 3.30. The Hall–Kier alpha value is -2.10. The number of nitrogens with two attached hydrogens (primary N) is 1. The van der Waals surface area contributed by atoms with E-state index in [4.69, 9.17) is 10.5 Å². The van der Waals surface area contributed by atoms with E-state index in [9.17, 15) is 0 Å². The molecule has 4 heteroatoms. The molecule has 1 aliphatic carbocycles. The Morgan fingerprint density at radius 3 is 2.70 bits per heavy atom. The van der Waals surface area contributed by atoms with Crippen LogP contribution in [0.2, 0.25) is 0 Å². The molecule has 0 aliphatic heterocycles. The predicted molar refractivity (Wildman–Crippen MR) is 79.6 cm³/mol. The zero-order valence-corrected chi connectivity index (χ0v) is 11.8. The molecule has 1 saturated carbocycles. The molecule has 1 aliphatic rings. The van der Waals surface area contributed by atoms with Gasteiger partial charge in [-0.2, -0.15) is 0 Å². The molecule has 4 nitrogen and oxygen atoms in total. The molecular formula is C16H19N3O. The Morgan fingerprint density at radius 2 is 2.00 bits per heavy atom. The highest BCUT2D eigenvalue weighted by atomic mass is 16.5. The molecule has 1 aromatic heterocycles. The van der Waals surface area contributed by atoms with Gasteiger partial charge in [0, 0.05) is 23.2 Å². The fourth-order valence-corrected chi connectivity index (χ4v) is 2.18. The summed E-state index contributed by atoms with van der Waals surface area (Å²) in [5.74, 6) is 2.61. The predicted octanol–water partition coefficient (Wildman–Crippen LogP) is 3.39. The molecule has 0 bridgehead atoms. The van der Waals surface area contributed by atoms with Crippen LogP contribution in [0.5, 0.6) is 5.75 Å². The molecule has 2 N–H and O–H groups in total. The average molecular weight is 269 g/mol. The molecule has 1 heterocycles. The number of nitrogens with zero attached hydrogens (tertiary/aromatic N) is 2. The van der Waals surface area contributed by atoms with Gasteiger partial charge in [0.15, 0.2) is 5.82 Å². The monoisotopic (exact) mass is 269 g/mol. The summed E-state index contributed by atoms with van der Waals surface area (Å²) in [6, 6.07) is 9.73. The van der Waals surface area contributed by atoms with E-state index in [1.165, 1.54) is 12.8 Å². The molecule has 0 radical (unpaired) electrons. The Balaban J connectivity index is 1.95. The summed E-state index contributed by atoms with van der Waals surface area (Å²) in [6.07, 6.45) is 2.55. The second-order valence-electron chi connectivity index (χ2n) is 5.51. The summed E-state index contributed by atoms with van der Waals surface area (Å²) >= 11 is 0. The molecule has 0 atom stereocenters. The summed E-state index contributed by atoms with van der Waals surface area (Å²) < 4.78 is 5.71. The highest BCUT2D eigenvalue weighted by molar-refractivity contribution is 5.59.